The summed E-state index contributed by atoms with van der Waals surface area (Å²) in [7, 11) is 0. The predicted octanol–water partition coefficient (Wildman–Crippen LogP) is 4.51. The fraction of sp³-hybridized carbons (Fsp3) is 0.133. The molecule has 0 heterocycles. The number of hydrogen-bond donors (Lipinski definition) is 2. The van der Waals surface area contributed by atoms with Crippen LogP contribution in [0.25, 0.3) is 0 Å². The van der Waals surface area contributed by atoms with Crippen molar-refractivity contribution < 1.29 is 9.18 Å². The minimum atomic E-state index is -0.825. The molecule has 0 aromatic heterocycles. The average molecular weight is 372 g/mol. The number of nitrogens with one attached hydrogen (secondary N) is 1. The number of rotatable bonds is 4. The first-order valence-corrected chi connectivity index (χ1v) is 7.37. The van der Waals surface area contributed by atoms with E-state index in [0.29, 0.717) is 15.2 Å². The molecule has 0 fully saturated rings. The van der Waals surface area contributed by atoms with Gasteiger partial charge in [0.05, 0.1) is 17.3 Å². The first kappa shape index (κ1) is 15.8. The van der Waals surface area contributed by atoms with Crippen LogP contribution in [0.5, 0.6) is 0 Å². The van der Waals surface area contributed by atoms with Gasteiger partial charge in [0, 0.05) is 9.50 Å². The van der Waals surface area contributed by atoms with E-state index in [1.807, 2.05) is 25.1 Å². The summed E-state index contributed by atoms with van der Waals surface area (Å²) in [5.41, 5.74) is 6.24. The lowest BCUT2D eigenvalue weighted by Crippen LogP contribution is -2.18. The SMILES string of the molecule is CC(Nc1cc(Br)cc(F)c1C(N)=O)c1ccccc1Cl. The van der Waals surface area contributed by atoms with Crippen LogP contribution in [0.1, 0.15) is 28.9 Å². The molecule has 6 heteroatoms. The Balaban J connectivity index is 2.40. The van der Waals surface area contributed by atoms with Crippen molar-refractivity contribution in [3.63, 3.8) is 0 Å². The molecule has 1 unspecified atom stereocenters. The number of primary amides is 1. The third kappa shape index (κ3) is 3.54. The zero-order chi connectivity index (χ0) is 15.6. The summed E-state index contributed by atoms with van der Waals surface area (Å²) in [5.74, 6) is -1.50. The predicted molar refractivity (Wildman–Crippen MR) is 86.1 cm³/mol. The Bertz CT molecular complexity index is 693. The number of hydrogen-bond acceptors (Lipinski definition) is 2. The summed E-state index contributed by atoms with van der Waals surface area (Å²) >= 11 is 9.33. The quantitative estimate of drug-likeness (QED) is 0.830. The van der Waals surface area contributed by atoms with Crippen LogP contribution in [0.4, 0.5) is 10.1 Å². The first-order chi connectivity index (χ1) is 9.90. The van der Waals surface area contributed by atoms with Crippen molar-refractivity contribution in [3.8, 4) is 0 Å². The number of amides is 1. The van der Waals surface area contributed by atoms with E-state index in [9.17, 15) is 9.18 Å². The lowest BCUT2D eigenvalue weighted by atomic mass is 10.1. The van der Waals surface area contributed by atoms with Gasteiger partial charge in [-0.05, 0) is 30.7 Å². The van der Waals surface area contributed by atoms with Crippen LogP contribution >= 0.6 is 27.5 Å². The summed E-state index contributed by atoms with van der Waals surface area (Å²) in [6, 6.07) is 9.90. The molecule has 0 saturated carbocycles. The van der Waals surface area contributed by atoms with E-state index in [1.165, 1.54) is 6.07 Å². The minimum Gasteiger partial charge on any atom is -0.378 e. The van der Waals surface area contributed by atoms with E-state index in [1.54, 1.807) is 12.1 Å². The Kier molecular flexibility index (Phi) is 4.85. The summed E-state index contributed by atoms with van der Waals surface area (Å²) in [6.45, 7) is 1.87. The van der Waals surface area contributed by atoms with Crippen LogP contribution in [0, 0.1) is 5.82 Å². The molecule has 1 amide bonds. The Labute approximate surface area is 135 Å². The molecule has 0 radical (unpaired) electrons. The second kappa shape index (κ2) is 6.45. The van der Waals surface area contributed by atoms with Crippen molar-refractivity contribution in [2.24, 2.45) is 5.73 Å². The molecular weight excluding hydrogens is 359 g/mol. The van der Waals surface area contributed by atoms with Gasteiger partial charge in [-0.1, -0.05) is 45.7 Å². The number of carbonyl (C=O) groups excluding carboxylic acids is 1. The highest BCUT2D eigenvalue weighted by Crippen LogP contribution is 2.30. The highest BCUT2D eigenvalue weighted by Gasteiger charge is 2.18. The maximum absolute atomic E-state index is 13.9. The Morgan fingerprint density at radius 1 is 1.38 bits per heavy atom. The molecule has 0 saturated heterocycles. The second-order valence-electron chi connectivity index (χ2n) is 4.56. The average Bonchev–Trinajstić information content (AvgIpc) is 2.37. The first-order valence-electron chi connectivity index (χ1n) is 6.20. The van der Waals surface area contributed by atoms with Gasteiger partial charge in [-0.2, -0.15) is 0 Å². The molecular formula is C15H13BrClFN2O. The molecule has 1 atom stereocenters. The molecule has 2 aromatic carbocycles. The summed E-state index contributed by atoms with van der Waals surface area (Å²) in [4.78, 5) is 11.4. The number of nitrogens with two attached hydrogens (primary N) is 1. The van der Waals surface area contributed by atoms with Crippen molar-refractivity contribution in [1.29, 1.82) is 0 Å². The van der Waals surface area contributed by atoms with E-state index in [0.717, 1.165) is 5.56 Å². The van der Waals surface area contributed by atoms with Gasteiger partial charge >= 0.3 is 0 Å². The molecule has 0 aliphatic carbocycles. The molecule has 2 aromatic rings. The third-order valence-corrected chi connectivity index (χ3v) is 3.85. The maximum atomic E-state index is 13.9. The van der Waals surface area contributed by atoms with E-state index in [2.05, 4.69) is 21.2 Å². The summed E-state index contributed by atoms with van der Waals surface area (Å²) < 4.78 is 14.4. The smallest absolute Gasteiger partial charge is 0.253 e. The van der Waals surface area contributed by atoms with Gasteiger partial charge in [-0.25, -0.2) is 4.39 Å². The fourth-order valence-corrected chi connectivity index (χ4v) is 2.80. The van der Waals surface area contributed by atoms with Gasteiger partial charge in [0.2, 0.25) is 0 Å². The lowest BCUT2D eigenvalue weighted by Gasteiger charge is -2.19. The van der Waals surface area contributed by atoms with Crippen LogP contribution in [0.15, 0.2) is 40.9 Å². The van der Waals surface area contributed by atoms with Gasteiger partial charge in [0.15, 0.2) is 0 Å². The second-order valence-corrected chi connectivity index (χ2v) is 5.88. The van der Waals surface area contributed by atoms with Gasteiger partial charge in [0.1, 0.15) is 5.82 Å². The molecule has 21 heavy (non-hydrogen) atoms. The molecule has 0 bridgehead atoms. The van der Waals surface area contributed by atoms with E-state index < -0.39 is 11.7 Å². The van der Waals surface area contributed by atoms with Crippen molar-refractivity contribution in [2.45, 2.75) is 13.0 Å². The van der Waals surface area contributed by atoms with Crippen LogP contribution in [0.2, 0.25) is 5.02 Å². The van der Waals surface area contributed by atoms with Crippen LogP contribution in [-0.2, 0) is 0 Å². The third-order valence-electron chi connectivity index (χ3n) is 3.05. The van der Waals surface area contributed by atoms with Crippen molar-refractivity contribution in [1.82, 2.24) is 0 Å². The minimum absolute atomic E-state index is 0.169. The highest BCUT2D eigenvalue weighted by atomic mass is 79.9. The molecule has 0 aliphatic heterocycles. The fourth-order valence-electron chi connectivity index (χ4n) is 2.08. The Hall–Kier alpha value is -1.59. The van der Waals surface area contributed by atoms with Gasteiger partial charge in [0.25, 0.3) is 5.91 Å². The van der Waals surface area contributed by atoms with E-state index in [-0.39, 0.29) is 11.6 Å². The van der Waals surface area contributed by atoms with E-state index in [4.69, 9.17) is 17.3 Å². The van der Waals surface area contributed by atoms with Crippen molar-refractivity contribution in [3.05, 3.63) is 62.8 Å². The van der Waals surface area contributed by atoms with E-state index >= 15 is 0 Å². The Morgan fingerprint density at radius 2 is 2.05 bits per heavy atom. The van der Waals surface area contributed by atoms with Crippen LogP contribution < -0.4 is 11.1 Å². The normalized spacial score (nSPS) is 12.0. The number of anilines is 1. The molecule has 2 rings (SSSR count). The molecule has 3 nitrogen and oxygen atoms in total. The monoisotopic (exact) mass is 370 g/mol. The van der Waals surface area contributed by atoms with Crippen molar-refractivity contribution >= 4 is 39.1 Å². The largest absolute Gasteiger partial charge is 0.378 e. The number of benzene rings is 2. The van der Waals surface area contributed by atoms with Crippen molar-refractivity contribution in [2.75, 3.05) is 5.32 Å². The maximum Gasteiger partial charge on any atom is 0.253 e. The van der Waals surface area contributed by atoms with Gasteiger partial charge in [-0.3, -0.25) is 4.79 Å². The number of halogens is 3. The summed E-state index contributed by atoms with van der Waals surface area (Å²) in [5, 5.41) is 3.67. The van der Waals surface area contributed by atoms with Crippen LogP contribution in [-0.4, -0.2) is 5.91 Å². The number of carbonyl (C=O) groups is 1. The Morgan fingerprint density at radius 3 is 2.67 bits per heavy atom. The van der Waals surface area contributed by atoms with Gasteiger partial charge in [-0.15, -0.1) is 0 Å². The summed E-state index contributed by atoms with van der Waals surface area (Å²) in [6.07, 6.45) is 0. The molecule has 110 valence electrons. The highest BCUT2D eigenvalue weighted by molar-refractivity contribution is 9.10. The van der Waals surface area contributed by atoms with Crippen LogP contribution in [0.3, 0.4) is 0 Å². The molecule has 3 N–H and O–H groups in total. The lowest BCUT2D eigenvalue weighted by molar-refractivity contribution is 0.0997. The zero-order valence-corrected chi connectivity index (χ0v) is 13.5. The molecule has 0 spiro atoms. The standard InChI is InChI=1S/C15H13BrClFN2O/c1-8(10-4-2-3-5-11(10)17)20-13-7-9(16)6-12(18)14(13)15(19)21/h2-8,20H,1H3,(H2,19,21). The topological polar surface area (TPSA) is 55.1 Å². The zero-order valence-electron chi connectivity index (χ0n) is 11.2. The van der Waals surface area contributed by atoms with Gasteiger partial charge < -0.3 is 11.1 Å². The molecule has 0 aliphatic rings.